The van der Waals surface area contributed by atoms with E-state index in [1.807, 2.05) is 17.0 Å². The van der Waals surface area contributed by atoms with Crippen LogP contribution in [-0.2, 0) is 11.3 Å². The predicted octanol–water partition coefficient (Wildman–Crippen LogP) is 3.46. The average Bonchev–Trinajstić information content (AvgIpc) is 3.16. The lowest BCUT2D eigenvalue weighted by molar-refractivity contribution is 0.0231. The lowest BCUT2D eigenvalue weighted by Crippen LogP contribution is -2.42. The van der Waals surface area contributed by atoms with Crippen molar-refractivity contribution in [2.45, 2.75) is 25.4 Å². The summed E-state index contributed by atoms with van der Waals surface area (Å²) < 4.78 is 16.7. The Labute approximate surface area is 131 Å². The molecule has 0 bridgehead atoms. The van der Waals surface area contributed by atoms with Crippen molar-refractivity contribution in [1.29, 1.82) is 0 Å². The number of furan rings is 2. The molecule has 0 saturated carbocycles. The first kappa shape index (κ1) is 14.4. The van der Waals surface area contributed by atoms with Gasteiger partial charge in [-0.1, -0.05) is 0 Å². The highest BCUT2D eigenvalue weighted by atomic mass is 79.9. The van der Waals surface area contributed by atoms with Crippen LogP contribution in [0.3, 0.4) is 0 Å². The number of carbonyl (C=O) groups excluding carboxylic acids is 1. The lowest BCUT2D eigenvalue weighted by atomic mass is 10.1. The van der Waals surface area contributed by atoms with E-state index in [2.05, 4.69) is 15.9 Å². The van der Waals surface area contributed by atoms with Crippen LogP contribution in [0.4, 0.5) is 0 Å². The molecule has 3 heterocycles. The monoisotopic (exact) mass is 353 g/mol. The molecule has 1 aliphatic heterocycles. The van der Waals surface area contributed by atoms with Crippen molar-refractivity contribution in [3.63, 3.8) is 0 Å². The summed E-state index contributed by atoms with van der Waals surface area (Å²) in [6.07, 6.45) is 3.27. The molecule has 3 rings (SSSR count). The van der Waals surface area contributed by atoms with E-state index < -0.39 is 0 Å². The normalized spacial score (nSPS) is 16.0. The van der Waals surface area contributed by atoms with Crippen LogP contribution in [-0.4, -0.2) is 30.1 Å². The van der Waals surface area contributed by atoms with Gasteiger partial charge in [-0.05, 0) is 53.0 Å². The Morgan fingerprint density at radius 3 is 2.71 bits per heavy atom. The summed E-state index contributed by atoms with van der Waals surface area (Å²) in [5.74, 6) is 0.976. The van der Waals surface area contributed by atoms with Crippen LogP contribution in [0.2, 0.25) is 0 Å². The molecule has 1 saturated heterocycles. The summed E-state index contributed by atoms with van der Waals surface area (Å²) in [4.78, 5) is 14.5. The minimum absolute atomic E-state index is 0.121. The van der Waals surface area contributed by atoms with Gasteiger partial charge in [0.1, 0.15) is 5.76 Å². The molecule has 0 spiro atoms. The summed E-state index contributed by atoms with van der Waals surface area (Å²) >= 11 is 3.23. The number of halogens is 1. The molecule has 1 aliphatic rings. The van der Waals surface area contributed by atoms with E-state index in [0.29, 0.717) is 30.2 Å². The Kier molecular flexibility index (Phi) is 4.45. The van der Waals surface area contributed by atoms with Crippen LogP contribution >= 0.6 is 15.9 Å². The van der Waals surface area contributed by atoms with E-state index in [0.717, 1.165) is 18.6 Å². The molecule has 0 aromatic carbocycles. The molecule has 1 fully saturated rings. The van der Waals surface area contributed by atoms with Crippen LogP contribution < -0.4 is 0 Å². The number of carbonyl (C=O) groups is 1. The van der Waals surface area contributed by atoms with Crippen molar-refractivity contribution >= 4 is 21.8 Å². The summed E-state index contributed by atoms with van der Waals surface area (Å²) in [6, 6.07) is 7.24. The summed E-state index contributed by atoms with van der Waals surface area (Å²) in [6.45, 7) is 1.79. The second kappa shape index (κ2) is 6.49. The number of hydrogen-bond donors (Lipinski definition) is 0. The van der Waals surface area contributed by atoms with Gasteiger partial charge in [-0.15, -0.1) is 0 Å². The summed E-state index contributed by atoms with van der Waals surface area (Å²) in [5, 5.41) is 0. The third-order valence-corrected chi connectivity index (χ3v) is 4.01. The summed E-state index contributed by atoms with van der Waals surface area (Å²) in [7, 11) is 0. The Bertz CT molecular complexity index is 587. The van der Waals surface area contributed by atoms with E-state index in [9.17, 15) is 4.79 Å². The van der Waals surface area contributed by atoms with E-state index >= 15 is 0 Å². The maximum Gasteiger partial charge on any atom is 0.290 e. The van der Waals surface area contributed by atoms with Gasteiger partial charge in [0.15, 0.2) is 10.4 Å². The Balaban J connectivity index is 1.81. The smallest absolute Gasteiger partial charge is 0.290 e. The van der Waals surface area contributed by atoms with Crippen LogP contribution in [0, 0.1) is 0 Å². The first-order chi connectivity index (χ1) is 10.2. The molecule has 21 heavy (non-hydrogen) atoms. The highest BCUT2D eigenvalue weighted by Crippen LogP contribution is 2.22. The quantitative estimate of drug-likeness (QED) is 0.844. The standard InChI is InChI=1S/C15H16BrNO4/c16-14-4-3-13(21-14)15(18)17(10-12-2-1-7-20-12)11-5-8-19-9-6-11/h1-4,7,11H,5-6,8-10H2. The first-order valence-electron chi connectivity index (χ1n) is 6.90. The zero-order valence-corrected chi connectivity index (χ0v) is 13.0. The maximum atomic E-state index is 12.7. The zero-order chi connectivity index (χ0) is 14.7. The third kappa shape index (κ3) is 3.39. The molecule has 2 aromatic rings. The topological polar surface area (TPSA) is 55.8 Å². The zero-order valence-electron chi connectivity index (χ0n) is 11.5. The van der Waals surface area contributed by atoms with Gasteiger partial charge >= 0.3 is 0 Å². The lowest BCUT2D eigenvalue weighted by Gasteiger charge is -2.33. The maximum absolute atomic E-state index is 12.7. The molecule has 6 heteroatoms. The minimum atomic E-state index is -0.121. The molecule has 0 N–H and O–H groups in total. The van der Waals surface area contributed by atoms with Crippen molar-refractivity contribution in [3.05, 3.63) is 46.7 Å². The molecular formula is C15H16BrNO4. The molecule has 5 nitrogen and oxygen atoms in total. The van der Waals surface area contributed by atoms with Crippen molar-refractivity contribution < 1.29 is 18.4 Å². The van der Waals surface area contributed by atoms with Crippen LogP contribution in [0.25, 0.3) is 0 Å². The van der Waals surface area contributed by atoms with E-state index in [4.69, 9.17) is 13.6 Å². The van der Waals surface area contributed by atoms with E-state index in [1.165, 1.54) is 0 Å². The summed E-state index contributed by atoms with van der Waals surface area (Å²) in [5.41, 5.74) is 0. The fourth-order valence-electron chi connectivity index (χ4n) is 2.50. The van der Waals surface area contributed by atoms with Crippen molar-refractivity contribution in [2.24, 2.45) is 0 Å². The second-order valence-corrected chi connectivity index (χ2v) is 5.74. The number of rotatable bonds is 4. The second-order valence-electron chi connectivity index (χ2n) is 4.96. The van der Waals surface area contributed by atoms with E-state index in [-0.39, 0.29) is 11.9 Å². The van der Waals surface area contributed by atoms with E-state index in [1.54, 1.807) is 18.4 Å². The molecule has 0 atom stereocenters. The third-order valence-electron chi connectivity index (χ3n) is 3.58. The van der Waals surface area contributed by atoms with Gasteiger partial charge in [0, 0.05) is 19.3 Å². The molecular weight excluding hydrogens is 338 g/mol. The minimum Gasteiger partial charge on any atom is -0.467 e. The van der Waals surface area contributed by atoms with Crippen LogP contribution in [0.5, 0.6) is 0 Å². The average molecular weight is 354 g/mol. The SMILES string of the molecule is O=C(c1ccc(Br)o1)N(Cc1ccco1)C1CCOCC1. The van der Waals surface area contributed by atoms with Gasteiger partial charge in [0.05, 0.1) is 12.8 Å². The first-order valence-corrected chi connectivity index (χ1v) is 7.70. The molecule has 0 aliphatic carbocycles. The van der Waals surface area contributed by atoms with Gasteiger partial charge in [0.2, 0.25) is 0 Å². The van der Waals surface area contributed by atoms with Crippen LogP contribution in [0.1, 0.15) is 29.2 Å². The number of amides is 1. The largest absolute Gasteiger partial charge is 0.467 e. The van der Waals surface area contributed by atoms with Crippen molar-refractivity contribution in [2.75, 3.05) is 13.2 Å². The Morgan fingerprint density at radius 2 is 2.10 bits per heavy atom. The molecule has 112 valence electrons. The molecule has 1 amide bonds. The number of nitrogens with zero attached hydrogens (tertiary/aromatic N) is 1. The Morgan fingerprint density at radius 1 is 1.29 bits per heavy atom. The fourth-order valence-corrected chi connectivity index (χ4v) is 2.81. The van der Waals surface area contributed by atoms with Crippen molar-refractivity contribution in [3.8, 4) is 0 Å². The van der Waals surface area contributed by atoms with Gasteiger partial charge in [-0.3, -0.25) is 4.79 Å². The highest BCUT2D eigenvalue weighted by Gasteiger charge is 2.29. The van der Waals surface area contributed by atoms with Gasteiger partial charge < -0.3 is 18.5 Å². The molecule has 2 aromatic heterocycles. The van der Waals surface area contributed by atoms with Gasteiger partial charge in [-0.2, -0.15) is 0 Å². The van der Waals surface area contributed by atoms with Crippen LogP contribution in [0.15, 0.2) is 44.0 Å². The van der Waals surface area contributed by atoms with Gasteiger partial charge in [0.25, 0.3) is 5.91 Å². The Hall–Kier alpha value is -1.53. The highest BCUT2D eigenvalue weighted by molar-refractivity contribution is 9.10. The predicted molar refractivity (Wildman–Crippen MR) is 78.8 cm³/mol. The number of ether oxygens (including phenoxy) is 1. The fraction of sp³-hybridized carbons (Fsp3) is 0.400. The van der Waals surface area contributed by atoms with Crippen molar-refractivity contribution in [1.82, 2.24) is 4.90 Å². The molecule has 0 radical (unpaired) electrons. The molecule has 0 unspecified atom stereocenters. The number of hydrogen-bond acceptors (Lipinski definition) is 4. The van der Waals surface area contributed by atoms with Gasteiger partial charge in [-0.25, -0.2) is 0 Å².